The number of carbonyl (C=O) groups is 1. The number of aryl methyl sites for hydroxylation is 1. The molecule has 1 unspecified atom stereocenters. The lowest BCUT2D eigenvalue weighted by Gasteiger charge is -2.13. The van der Waals surface area contributed by atoms with Gasteiger partial charge in [-0.1, -0.05) is 38.5 Å². The number of hydrogen-bond acceptors (Lipinski definition) is 6. The van der Waals surface area contributed by atoms with Crippen molar-refractivity contribution in [3.8, 4) is 22.6 Å². The maximum atomic E-state index is 13.3. The summed E-state index contributed by atoms with van der Waals surface area (Å²) in [5.74, 6) is 0.944. The van der Waals surface area contributed by atoms with Crippen molar-refractivity contribution in [1.82, 2.24) is 19.3 Å². The number of unbranched alkanes of at least 4 members (excludes halogenated alkanes) is 1. The molecule has 1 atom stereocenters. The molecular formula is C38H43N5O4S. The normalized spacial score (nSPS) is 12.2. The van der Waals surface area contributed by atoms with Gasteiger partial charge in [-0.05, 0) is 103 Å². The molecule has 9 nitrogen and oxygen atoms in total. The van der Waals surface area contributed by atoms with E-state index in [9.17, 15) is 9.35 Å². The number of benzene rings is 3. The van der Waals surface area contributed by atoms with Crippen molar-refractivity contribution >= 4 is 28.8 Å². The molecule has 250 valence electrons. The van der Waals surface area contributed by atoms with Crippen molar-refractivity contribution in [2.45, 2.75) is 57.2 Å². The molecule has 0 spiro atoms. The molecule has 0 aliphatic carbocycles. The van der Waals surface area contributed by atoms with Gasteiger partial charge in [0.1, 0.15) is 12.4 Å². The molecule has 0 saturated heterocycles. The second-order valence-corrected chi connectivity index (χ2v) is 12.9. The summed E-state index contributed by atoms with van der Waals surface area (Å²) in [6.07, 6.45) is 12.2. The van der Waals surface area contributed by atoms with Gasteiger partial charge in [0.15, 0.2) is 10.6 Å². The van der Waals surface area contributed by atoms with Crippen molar-refractivity contribution in [2.75, 3.05) is 25.1 Å². The second-order valence-electron chi connectivity index (χ2n) is 11.4. The average Bonchev–Trinajstić information content (AvgIpc) is 3.80. The number of rotatable bonds is 17. The molecule has 48 heavy (non-hydrogen) atoms. The molecule has 1 N–H and O–H groups in total. The lowest BCUT2D eigenvalue weighted by atomic mass is 10.00. The van der Waals surface area contributed by atoms with Crippen LogP contribution in [0, 0.1) is 0 Å². The molecule has 1 amide bonds. The third kappa shape index (κ3) is 9.47. The summed E-state index contributed by atoms with van der Waals surface area (Å²) in [5, 5.41) is 7.39. The van der Waals surface area contributed by atoms with Crippen LogP contribution < -0.4 is 10.1 Å². The number of imidazole rings is 1. The minimum atomic E-state index is -1.23. The van der Waals surface area contributed by atoms with E-state index < -0.39 is 11.2 Å². The Morgan fingerprint density at radius 3 is 2.50 bits per heavy atom. The van der Waals surface area contributed by atoms with Crippen LogP contribution in [0.15, 0.2) is 108 Å². The van der Waals surface area contributed by atoms with Crippen LogP contribution in [-0.4, -0.2) is 49.6 Å². The van der Waals surface area contributed by atoms with Crippen LogP contribution in [0.3, 0.4) is 0 Å². The molecule has 5 rings (SSSR count). The Labute approximate surface area is 285 Å². The van der Waals surface area contributed by atoms with Crippen LogP contribution in [0.25, 0.3) is 22.9 Å². The molecule has 10 heteroatoms. The molecule has 3 aromatic carbocycles. The van der Waals surface area contributed by atoms with Gasteiger partial charge in [-0.15, -0.1) is 0 Å². The van der Waals surface area contributed by atoms with E-state index in [-0.39, 0.29) is 5.91 Å². The number of ether oxygens (including phenoxy) is 2. The van der Waals surface area contributed by atoms with Crippen molar-refractivity contribution in [1.29, 1.82) is 0 Å². The molecular weight excluding hydrogens is 623 g/mol. The number of hydrogen-bond donors (Lipinski definition) is 1. The minimum absolute atomic E-state index is 0.232. The predicted molar refractivity (Wildman–Crippen MR) is 192 cm³/mol. The lowest BCUT2D eigenvalue weighted by molar-refractivity contribution is -0.112. The number of anilines is 1. The Kier molecular flexibility index (Phi) is 12.6. The Bertz CT molecular complexity index is 1770. The van der Waals surface area contributed by atoms with E-state index in [1.54, 1.807) is 54.6 Å². The maximum Gasteiger partial charge on any atom is 0.251 e. The smallest absolute Gasteiger partial charge is 0.251 e. The van der Waals surface area contributed by atoms with Gasteiger partial charge in [0, 0.05) is 42.4 Å². The van der Waals surface area contributed by atoms with E-state index in [0.29, 0.717) is 35.1 Å². The van der Waals surface area contributed by atoms with E-state index >= 15 is 0 Å². The first-order chi connectivity index (χ1) is 23.4. The summed E-state index contributed by atoms with van der Waals surface area (Å²) in [4.78, 5) is 18.2. The monoisotopic (exact) mass is 665 g/mol. The number of aromatic nitrogens is 4. The van der Waals surface area contributed by atoms with E-state index in [1.807, 2.05) is 59.3 Å². The van der Waals surface area contributed by atoms with Crippen LogP contribution in [0.1, 0.15) is 51.3 Å². The fourth-order valence-electron chi connectivity index (χ4n) is 5.13. The molecule has 0 fully saturated rings. The Morgan fingerprint density at radius 1 is 0.979 bits per heavy atom. The quantitative estimate of drug-likeness (QED) is 0.0620. The summed E-state index contributed by atoms with van der Waals surface area (Å²) >= 11 is -1.23. The predicted octanol–water partition coefficient (Wildman–Crippen LogP) is 7.69. The summed E-state index contributed by atoms with van der Waals surface area (Å²) in [5.41, 5.74) is 5.82. The van der Waals surface area contributed by atoms with Gasteiger partial charge in [-0.2, -0.15) is 5.10 Å². The highest BCUT2D eigenvalue weighted by Gasteiger charge is 2.16. The van der Waals surface area contributed by atoms with Crippen molar-refractivity contribution in [2.24, 2.45) is 0 Å². The standard InChI is InChI=1S/C38H43N5O4S/c1-4-6-21-46-22-23-47-35-13-8-30(9-14-35)31-10-17-37(43-20-7-18-40-43)32(25-31)24-29(3)38(44)41-33-11-15-36(16-12-33)48(45)27-34-26-39-28-42(34)19-5-2/h7-18,20,24-26,28H,4-6,19,21-23,27H2,1-3H3,(H,41,44)/b29-24+. The van der Waals surface area contributed by atoms with Gasteiger partial charge in [-0.3, -0.25) is 4.79 Å². The molecule has 2 aromatic heterocycles. The first kappa shape index (κ1) is 34.7. The van der Waals surface area contributed by atoms with Crippen LogP contribution >= 0.6 is 0 Å². The van der Waals surface area contributed by atoms with Crippen molar-refractivity contribution in [3.63, 3.8) is 0 Å². The number of amides is 1. The van der Waals surface area contributed by atoms with Crippen molar-refractivity contribution in [3.05, 3.63) is 115 Å². The van der Waals surface area contributed by atoms with E-state index in [0.717, 1.165) is 66.2 Å². The third-order valence-corrected chi connectivity index (χ3v) is 9.11. The van der Waals surface area contributed by atoms with Gasteiger partial charge < -0.3 is 23.9 Å². The Balaban J connectivity index is 1.26. The molecule has 0 bridgehead atoms. The van der Waals surface area contributed by atoms with E-state index in [4.69, 9.17) is 9.47 Å². The Morgan fingerprint density at radius 2 is 1.77 bits per heavy atom. The topological polar surface area (TPSA) is 106 Å². The highest BCUT2D eigenvalue weighted by molar-refractivity contribution is 7.90. The highest BCUT2D eigenvalue weighted by Crippen LogP contribution is 2.28. The number of nitrogens with zero attached hydrogens (tertiary/aromatic N) is 4. The molecule has 0 radical (unpaired) electrons. The minimum Gasteiger partial charge on any atom is -0.611 e. The summed E-state index contributed by atoms with van der Waals surface area (Å²) in [6, 6.07) is 23.1. The maximum absolute atomic E-state index is 13.3. The van der Waals surface area contributed by atoms with Crippen LogP contribution in [-0.2, 0) is 33.0 Å². The SMILES string of the molecule is CCCCOCCOc1ccc(-c2ccc(-n3cccn3)c(/C=C(\C)C(=O)Nc3ccc([S+]([O-])Cc4cncn4CCC)cc3)c2)cc1. The Hall–Kier alpha value is -4.64. The zero-order valence-electron chi connectivity index (χ0n) is 27.8. The van der Waals surface area contributed by atoms with Crippen LogP contribution in [0.5, 0.6) is 5.75 Å². The van der Waals surface area contributed by atoms with Gasteiger partial charge in [0.2, 0.25) is 0 Å². The fourth-order valence-corrected chi connectivity index (χ4v) is 6.24. The fraction of sp³-hybridized carbons (Fsp3) is 0.289. The average molecular weight is 666 g/mol. The van der Waals surface area contributed by atoms with Crippen LogP contribution in [0.4, 0.5) is 5.69 Å². The zero-order chi connectivity index (χ0) is 33.7. The number of carbonyl (C=O) groups excluding carboxylic acids is 1. The summed E-state index contributed by atoms with van der Waals surface area (Å²) in [7, 11) is 0. The third-order valence-electron chi connectivity index (χ3n) is 7.75. The second kappa shape index (κ2) is 17.5. The van der Waals surface area contributed by atoms with E-state index in [2.05, 4.69) is 35.3 Å². The molecule has 5 aromatic rings. The highest BCUT2D eigenvalue weighted by atomic mass is 32.2. The van der Waals surface area contributed by atoms with E-state index in [1.165, 1.54) is 0 Å². The molecule has 0 aliphatic heterocycles. The van der Waals surface area contributed by atoms with Gasteiger partial charge in [0.05, 0.1) is 30.5 Å². The zero-order valence-corrected chi connectivity index (χ0v) is 28.6. The molecule has 2 heterocycles. The van der Waals surface area contributed by atoms with Crippen molar-refractivity contribution < 1.29 is 18.8 Å². The van der Waals surface area contributed by atoms with Crippen LogP contribution in [0.2, 0.25) is 0 Å². The first-order valence-corrected chi connectivity index (χ1v) is 17.7. The number of nitrogens with one attached hydrogen (secondary N) is 1. The summed E-state index contributed by atoms with van der Waals surface area (Å²) in [6.45, 7) is 8.71. The largest absolute Gasteiger partial charge is 0.611 e. The van der Waals surface area contributed by atoms with Gasteiger partial charge >= 0.3 is 0 Å². The van der Waals surface area contributed by atoms with Gasteiger partial charge in [-0.25, -0.2) is 9.67 Å². The molecule has 0 aliphatic rings. The van der Waals surface area contributed by atoms with Gasteiger partial charge in [0.25, 0.3) is 5.91 Å². The molecule has 0 saturated carbocycles. The lowest BCUT2D eigenvalue weighted by Crippen LogP contribution is -2.13. The first-order valence-electron chi connectivity index (χ1n) is 16.4. The summed E-state index contributed by atoms with van der Waals surface area (Å²) < 4.78 is 28.3.